The van der Waals surface area contributed by atoms with E-state index in [4.69, 9.17) is 29.0 Å². The van der Waals surface area contributed by atoms with E-state index in [1.54, 1.807) is 6.08 Å². The quantitative estimate of drug-likeness (QED) is 0.0441. The summed E-state index contributed by atoms with van der Waals surface area (Å²) < 4.78 is 25.6. The lowest BCUT2D eigenvalue weighted by molar-refractivity contribution is -0.129. The highest BCUT2D eigenvalue weighted by atomic mass is 79.9. The van der Waals surface area contributed by atoms with Crippen LogP contribution in [0.2, 0.25) is 0 Å². The van der Waals surface area contributed by atoms with Gasteiger partial charge in [-0.1, -0.05) is 101 Å². The van der Waals surface area contributed by atoms with Gasteiger partial charge in [-0.05, 0) is 77.2 Å². The third kappa shape index (κ3) is 9.96. The minimum absolute atomic E-state index is 0.0612. The molecule has 0 fully saturated rings. The second kappa shape index (κ2) is 19.1. The summed E-state index contributed by atoms with van der Waals surface area (Å²) in [5.41, 5.74) is 9.36. The molecule has 0 unspecified atom stereocenters. The number of ether oxygens (including phenoxy) is 4. The van der Waals surface area contributed by atoms with Gasteiger partial charge in [0.2, 0.25) is 5.90 Å². The molecule has 0 spiro atoms. The molecule has 3 N–H and O–H groups in total. The lowest BCUT2D eigenvalue weighted by Crippen LogP contribution is -2.52. The first-order chi connectivity index (χ1) is 26.5. The van der Waals surface area contributed by atoms with E-state index in [2.05, 4.69) is 33.4 Å². The Morgan fingerprint density at radius 1 is 0.833 bits per heavy atom. The molecule has 0 radical (unpaired) electrons. The van der Waals surface area contributed by atoms with E-state index < -0.39 is 11.6 Å². The van der Waals surface area contributed by atoms with E-state index >= 15 is 0 Å². The maximum absolute atomic E-state index is 14.2. The topological polar surface area (TPSA) is 111 Å². The molecule has 0 saturated heterocycles. The van der Waals surface area contributed by atoms with Gasteiger partial charge in [0, 0.05) is 36.0 Å². The van der Waals surface area contributed by atoms with Gasteiger partial charge in [-0.2, -0.15) is 0 Å². The van der Waals surface area contributed by atoms with Gasteiger partial charge >= 0.3 is 0 Å². The van der Waals surface area contributed by atoms with Crippen molar-refractivity contribution in [3.8, 4) is 17.2 Å². The number of aliphatic hydroxyl groups excluding tert-OH is 1. The Labute approximate surface area is 324 Å². The summed E-state index contributed by atoms with van der Waals surface area (Å²) in [6.45, 7) is 5.70. The van der Waals surface area contributed by atoms with Crippen LogP contribution in [0.3, 0.4) is 0 Å². The van der Waals surface area contributed by atoms with Crippen molar-refractivity contribution in [2.75, 3.05) is 19.8 Å². The van der Waals surface area contributed by atoms with Gasteiger partial charge in [0.25, 0.3) is 5.91 Å². The first kappa shape index (κ1) is 38.3. The Kier molecular flexibility index (Phi) is 13.5. The van der Waals surface area contributed by atoms with Crippen molar-refractivity contribution in [3.63, 3.8) is 0 Å². The highest BCUT2D eigenvalue weighted by molar-refractivity contribution is 9.10. The number of carbonyl (C=O) groups excluding carboxylic acids is 1. The normalized spacial score (nSPS) is 16.2. The largest absolute Gasteiger partial charge is 0.494 e. The zero-order valence-corrected chi connectivity index (χ0v) is 31.5. The SMILES string of the molecule is C=CC[C@]1(C(=O)NNCCc2ccc(OCc3ccccc3)c(OCc3ccccc3)c2)N=C(c2ccc(OCCCO)cc2)O[C@H]1c1ccc(Br)cc1. The summed E-state index contributed by atoms with van der Waals surface area (Å²) in [5.74, 6) is 1.97. The molecule has 2 atom stereocenters. The number of hydrogen-bond acceptors (Lipinski definition) is 8. The first-order valence-electron chi connectivity index (χ1n) is 17.9. The van der Waals surface area contributed by atoms with Crippen molar-refractivity contribution in [2.45, 2.75) is 44.1 Å². The minimum atomic E-state index is -1.33. The molecule has 278 valence electrons. The van der Waals surface area contributed by atoms with Crippen LogP contribution in [0, 0.1) is 0 Å². The van der Waals surface area contributed by atoms with Crippen LogP contribution < -0.4 is 25.1 Å². The zero-order valence-electron chi connectivity index (χ0n) is 30.0. The van der Waals surface area contributed by atoms with Gasteiger partial charge in [0.15, 0.2) is 23.1 Å². The number of halogens is 1. The summed E-state index contributed by atoms with van der Waals surface area (Å²) in [6.07, 6.45) is 2.36. The lowest BCUT2D eigenvalue weighted by Gasteiger charge is -2.29. The van der Waals surface area contributed by atoms with Gasteiger partial charge in [-0.3, -0.25) is 10.2 Å². The van der Waals surface area contributed by atoms with Gasteiger partial charge in [0.05, 0.1) is 6.61 Å². The Morgan fingerprint density at radius 3 is 2.15 bits per heavy atom. The van der Waals surface area contributed by atoms with E-state index in [1.807, 2.05) is 127 Å². The Bertz CT molecular complexity index is 1990. The fourth-order valence-electron chi connectivity index (χ4n) is 6.04. The molecule has 0 saturated carbocycles. The average Bonchev–Trinajstić information content (AvgIpc) is 3.60. The Hall–Kier alpha value is -5.42. The van der Waals surface area contributed by atoms with E-state index in [-0.39, 0.29) is 18.9 Å². The maximum atomic E-state index is 14.2. The van der Waals surface area contributed by atoms with E-state index in [1.165, 1.54) is 0 Å². The number of rotatable bonds is 19. The average molecular weight is 791 g/mol. The second-order valence-corrected chi connectivity index (χ2v) is 13.7. The number of hydrogen-bond donors (Lipinski definition) is 3. The molecule has 0 aliphatic carbocycles. The number of hydrazine groups is 1. The van der Waals surface area contributed by atoms with Gasteiger partial charge in [-0.15, -0.1) is 6.58 Å². The fraction of sp³-hybridized carbons (Fsp3) is 0.227. The third-order valence-corrected chi connectivity index (χ3v) is 9.41. The monoisotopic (exact) mass is 789 g/mol. The summed E-state index contributed by atoms with van der Waals surface area (Å²) in [6, 6.07) is 41.0. The maximum Gasteiger partial charge on any atom is 0.266 e. The van der Waals surface area contributed by atoms with Crippen LogP contribution in [0.15, 0.2) is 150 Å². The first-order valence-corrected chi connectivity index (χ1v) is 18.7. The molecule has 5 aromatic carbocycles. The predicted octanol–water partition coefficient (Wildman–Crippen LogP) is 8.06. The molecule has 1 aliphatic rings. The Balaban J connectivity index is 1.15. The third-order valence-electron chi connectivity index (χ3n) is 8.88. The molecule has 0 bridgehead atoms. The molecular formula is C44H44BrN3O6. The van der Waals surface area contributed by atoms with Gasteiger partial charge in [-0.25, -0.2) is 10.4 Å². The minimum Gasteiger partial charge on any atom is -0.494 e. The van der Waals surface area contributed by atoms with Gasteiger partial charge < -0.3 is 24.1 Å². The number of amides is 1. The highest BCUT2D eigenvalue weighted by Crippen LogP contribution is 2.43. The molecule has 6 rings (SSSR count). The van der Waals surface area contributed by atoms with Crippen molar-refractivity contribution in [1.82, 2.24) is 10.9 Å². The highest BCUT2D eigenvalue weighted by Gasteiger charge is 2.52. The number of carbonyl (C=O) groups is 1. The molecular weight excluding hydrogens is 746 g/mol. The zero-order chi connectivity index (χ0) is 37.6. The summed E-state index contributed by atoms with van der Waals surface area (Å²) >= 11 is 3.51. The fourth-order valence-corrected chi connectivity index (χ4v) is 6.31. The van der Waals surface area contributed by atoms with E-state index in [9.17, 15) is 4.79 Å². The van der Waals surface area contributed by atoms with Gasteiger partial charge in [0.1, 0.15) is 19.0 Å². The van der Waals surface area contributed by atoms with Crippen molar-refractivity contribution in [3.05, 3.63) is 172 Å². The van der Waals surface area contributed by atoms with Crippen molar-refractivity contribution < 1.29 is 28.8 Å². The van der Waals surface area contributed by atoms with Crippen LogP contribution in [0.5, 0.6) is 17.2 Å². The molecule has 1 heterocycles. The van der Waals surface area contributed by atoms with Crippen LogP contribution in [0.4, 0.5) is 0 Å². The molecule has 9 nitrogen and oxygen atoms in total. The molecule has 54 heavy (non-hydrogen) atoms. The molecule has 1 aliphatic heterocycles. The van der Waals surface area contributed by atoms with Crippen molar-refractivity contribution in [1.29, 1.82) is 0 Å². The van der Waals surface area contributed by atoms with Crippen LogP contribution in [-0.2, 0) is 29.2 Å². The van der Waals surface area contributed by atoms with Crippen LogP contribution in [-0.4, -0.2) is 42.2 Å². The Morgan fingerprint density at radius 2 is 1.50 bits per heavy atom. The molecule has 10 heteroatoms. The van der Waals surface area contributed by atoms with Crippen molar-refractivity contribution >= 4 is 27.7 Å². The van der Waals surface area contributed by atoms with Crippen LogP contribution in [0.25, 0.3) is 0 Å². The lowest BCUT2D eigenvalue weighted by atomic mass is 9.84. The standard InChI is InChI=1S/C44H44BrN3O6/c1-2-25-44(41(35-15-19-37(45)20-16-35)54-42(47-44)36-17-21-38(22-18-36)51-28-9-27-49)43(50)48-46-26-24-32-14-23-39(52-30-33-10-5-3-6-11-33)40(29-32)53-31-34-12-7-4-8-13-34/h2-8,10-23,29,41,46,49H,1,9,24-28,30-31H2,(H,48,50)/t41-,44-/m0/s1. The number of aliphatic imine (C=N–C) groups is 1. The molecule has 1 amide bonds. The number of benzene rings is 5. The number of nitrogens with one attached hydrogen (secondary N) is 2. The number of nitrogens with zero attached hydrogens (tertiary/aromatic N) is 1. The summed E-state index contributed by atoms with van der Waals surface area (Å²) in [7, 11) is 0. The van der Waals surface area contributed by atoms with Crippen molar-refractivity contribution in [2.24, 2.45) is 4.99 Å². The van der Waals surface area contributed by atoms with Crippen LogP contribution in [0.1, 0.15) is 46.8 Å². The molecule has 0 aromatic heterocycles. The summed E-state index contributed by atoms with van der Waals surface area (Å²) in [4.78, 5) is 19.2. The van der Waals surface area contributed by atoms with E-state index in [0.29, 0.717) is 67.9 Å². The molecule has 5 aromatic rings. The van der Waals surface area contributed by atoms with E-state index in [0.717, 1.165) is 26.7 Å². The van der Waals surface area contributed by atoms with Crippen LogP contribution >= 0.6 is 15.9 Å². The summed E-state index contributed by atoms with van der Waals surface area (Å²) in [5, 5.41) is 9.07. The number of aliphatic hydroxyl groups is 1. The predicted molar refractivity (Wildman–Crippen MR) is 214 cm³/mol. The smallest absolute Gasteiger partial charge is 0.266 e. The second-order valence-electron chi connectivity index (χ2n) is 12.8.